The second kappa shape index (κ2) is 23.7. The van der Waals surface area contributed by atoms with Crippen LogP contribution in [-0.4, -0.2) is 142 Å². The number of carboxylic acid groups (broad SMARTS) is 2. The zero-order valence-corrected chi connectivity index (χ0v) is 16.4. The number of aliphatic hydroxyl groups excluding tert-OH is 6. The molecule has 0 fully saturated rings. The summed E-state index contributed by atoms with van der Waals surface area (Å²) >= 11 is 0. The molecule has 0 rings (SSSR count). The third-order valence-corrected chi connectivity index (χ3v) is 3.24. The van der Waals surface area contributed by atoms with E-state index in [-0.39, 0.29) is 39.6 Å². The zero-order valence-electron chi connectivity index (χ0n) is 16.4. The van der Waals surface area contributed by atoms with Gasteiger partial charge in [-0.05, 0) is 6.92 Å². The highest BCUT2D eigenvalue weighted by atomic mass is 16.4. The molecule has 0 saturated carbocycles. The van der Waals surface area contributed by atoms with Crippen molar-refractivity contribution in [2.24, 2.45) is 5.92 Å². The molecule has 0 aliphatic heterocycles. The maximum absolute atomic E-state index is 9.76. The Morgan fingerprint density at radius 1 is 0.571 bits per heavy atom. The SMILES string of the molecule is CC(C(=O)O)C(=O)O.OCCN(CCO)CCO.OCCN(CCO)CCO. The van der Waals surface area contributed by atoms with Crippen molar-refractivity contribution >= 4 is 11.9 Å². The molecular weight excluding hydrogens is 380 g/mol. The Balaban J connectivity index is -0.000000337. The first-order valence-electron chi connectivity index (χ1n) is 8.80. The number of aliphatic hydroxyl groups is 6. The molecule has 170 valence electrons. The molecule has 0 spiro atoms. The Morgan fingerprint density at radius 3 is 0.821 bits per heavy atom. The highest BCUT2D eigenvalue weighted by molar-refractivity contribution is 5.92. The molecule has 0 bridgehead atoms. The summed E-state index contributed by atoms with van der Waals surface area (Å²) in [6.45, 7) is 4.62. The van der Waals surface area contributed by atoms with E-state index in [2.05, 4.69) is 0 Å². The van der Waals surface area contributed by atoms with E-state index in [4.69, 9.17) is 40.9 Å². The number of carboxylic acids is 2. The van der Waals surface area contributed by atoms with Crippen LogP contribution in [0.4, 0.5) is 0 Å². The van der Waals surface area contributed by atoms with Crippen LogP contribution in [0.15, 0.2) is 0 Å². The fourth-order valence-corrected chi connectivity index (χ4v) is 1.62. The van der Waals surface area contributed by atoms with Gasteiger partial charge in [0.25, 0.3) is 0 Å². The molecular formula is C16H36N2O10. The number of rotatable bonds is 14. The van der Waals surface area contributed by atoms with Gasteiger partial charge in [0.15, 0.2) is 5.92 Å². The molecule has 0 radical (unpaired) electrons. The van der Waals surface area contributed by atoms with Gasteiger partial charge in [-0.1, -0.05) is 0 Å². The maximum atomic E-state index is 9.76. The maximum Gasteiger partial charge on any atom is 0.317 e. The van der Waals surface area contributed by atoms with Gasteiger partial charge in [0.1, 0.15) is 0 Å². The van der Waals surface area contributed by atoms with Gasteiger partial charge >= 0.3 is 11.9 Å². The molecule has 0 unspecified atom stereocenters. The number of hydrogen-bond acceptors (Lipinski definition) is 10. The van der Waals surface area contributed by atoms with Crippen molar-refractivity contribution in [3.63, 3.8) is 0 Å². The van der Waals surface area contributed by atoms with E-state index in [0.29, 0.717) is 39.3 Å². The van der Waals surface area contributed by atoms with E-state index in [1.807, 2.05) is 0 Å². The van der Waals surface area contributed by atoms with E-state index in [1.165, 1.54) is 0 Å². The highest BCUT2D eigenvalue weighted by Gasteiger charge is 2.18. The first-order valence-corrected chi connectivity index (χ1v) is 8.80. The van der Waals surface area contributed by atoms with Crippen LogP contribution < -0.4 is 0 Å². The first-order chi connectivity index (χ1) is 13.2. The summed E-state index contributed by atoms with van der Waals surface area (Å²) in [4.78, 5) is 23.1. The van der Waals surface area contributed by atoms with Crippen molar-refractivity contribution in [2.45, 2.75) is 6.92 Å². The monoisotopic (exact) mass is 416 g/mol. The molecule has 0 aromatic heterocycles. The fraction of sp³-hybridized carbons (Fsp3) is 0.875. The van der Waals surface area contributed by atoms with E-state index in [0.717, 1.165) is 6.92 Å². The minimum atomic E-state index is -1.31. The molecule has 0 atom stereocenters. The Labute approximate surface area is 164 Å². The number of aliphatic carboxylic acids is 2. The van der Waals surface area contributed by atoms with Crippen LogP contribution >= 0.6 is 0 Å². The molecule has 0 heterocycles. The van der Waals surface area contributed by atoms with Gasteiger partial charge in [-0.2, -0.15) is 0 Å². The van der Waals surface area contributed by atoms with Gasteiger partial charge in [0, 0.05) is 39.3 Å². The van der Waals surface area contributed by atoms with Gasteiger partial charge in [-0.3, -0.25) is 19.4 Å². The third-order valence-electron chi connectivity index (χ3n) is 3.24. The Kier molecular flexibility index (Phi) is 26.5. The highest BCUT2D eigenvalue weighted by Crippen LogP contribution is 1.91. The Bertz CT molecular complexity index is 300. The number of carbonyl (C=O) groups is 2. The lowest BCUT2D eigenvalue weighted by atomic mass is 10.2. The lowest BCUT2D eigenvalue weighted by Crippen LogP contribution is -2.32. The van der Waals surface area contributed by atoms with Crippen LogP contribution in [-0.2, 0) is 9.59 Å². The number of hydrogen-bond donors (Lipinski definition) is 8. The van der Waals surface area contributed by atoms with Crippen LogP contribution in [0.2, 0.25) is 0 Å². The minimum absolute atomic E-state index is 0.0694. The Morgan fingerprint density at radius 2 is 0.750 bits per heavy atom. The summed E-state index contributed by atoms with van der Waals surface area (Å²) < 4.78 is 0. The normalized spacial score (nSPS) is 10.4. The second-order valence-electron chi connectivity index (χ2n) is 5.42. The summed E-state index contributed by atoms with van der Waals surface area (Å²) in [6, 6.07) is 0. The predicted octanol–water partition coefficient (Wildman–Crippen LogP) is -3.68. The fourth-order valence-electron chi connectivity index (χ4n) is 1.62. The smallest absolute Gasteiger partial charge is 0.317 e. The topological polar surface area (TPSA) is 202 Å². The molecule has 12 heteroatoms. The average Bonchev–Trinajstić information content (AvgIpc) is 2.63. The molecule has 0 saturated heterocycles. The van der Waals surface area contributed by atoms with Crippen LogP contribution in [0.25, 0.3) is 0 Å². The molecule has 8 N–H and O–H groups in total. The minimum Gasteiger partial charge on any atom is -0.481 e. The van der Waals surface area contributed by atoms with E-state index < -0.39 is 17.9 Å². The zero-order chi connectivity index (χ0) is 22.4. The summed E-state index contributed by atoms with van der Waals surface area (Å²) in [7, 11) is 0. The molecule has 0 aliphatic rings. The van der Waals surface area contributed by atoms with Crippen molar-refractivity contribution < 1.29 is 50.4 Å². The van der Waals surface area contributed by atoms with Gasteiger partial charge in [-0.25, -0.2) is 0 Å². The molecule has 12 nitrogen and oxygen atoms in total. The Hall–Kier alpha value is -1.38. The van der Waals surface area contributed by atoms with Crippen LogP contribution in [0, 0.1) is 5.92 Å². The first kappa shape index (κ1) is 31.3. The van der Waals surface area contributed by atoms with Crippen LogP contribution in [0.1, 0.15) is 6.92 Å². The molecule has 0 amide bonds. The van der Waals surface area contributed by atoms with Crippen LogP contribution in [0.3, 0.4) is 0 Å². The van der Waals surface area contributed by atoms with Crippen molar-refractivity contribution in [2.75, 3.05) is 78.9 Å². The van der Waals surface area contributed by atoms with Gasteiger partial charge < -0.3 is 40.9 Å². The molecule has 0 aromatic carbocycles. The van der Waals surface area contributed by atoms with Gasteiger partial charge in [0.05, 0.1) is 39.6 Å². The molecule has 28 heavy (non-hydrogen) atoms. The quantitative estimate of drug-likeness (QED) is 0.129. The summed E-state index contributed by atoms with van der Waals surface area (Å²) in [6.07, 6.45) is 0. The summed E-state index contributed by atoms with van der Waals surface area (Å²) in [5.74, 6) is -3.91. The lowest BCUT2D eigenvalue weighted by molar-refractivity contribution is -0.153. The van der Waals surface area contributed by atoms with Crippen LogP contribution in [0.5, 0.6) is 0 Å². The van der Waals surface area contributed by atoms with E-state index >= 15 is 0 Å². The van der Waals surface area contributed by atoms with Crippen molar-refractivity contribution in [3.8, 4) is 0 Å². The third kappa shape index (κ3) is 22.7. The average molecular weight is 416 g/mol. The van der Waals surface area contributed by atoms with E-state index in [9.17, 15) is 9.59 Å². The van der Waals surface area contributed by atoms with E-state index in [1.54, 1.807) is 9.80 Å². The predicted molar refractivity (Wildman–Crippen MR) is 99.8 cm³/mol. The van der Waals surface area contributed by atoms with Crippen molar-refractivity contribution in [1.29, 1.82) is 0 Å². The second-order valence-corrected chi connectivity index (χ2v) is 5.42. The summed E-state index contributed by atoms with van der Waals surface area (Å²) in [5.41, 5.74) is 0. The van der Waals surface area contributed by atoms with Gasteiger partial charge in [-0.15, -0.1) is 0 Å². The standard InChI is InChI=1S/2C6H15NO3.C4H6O4/c2*8-4-1-7(2-5-9)3-6-10;1-2(3(5)6)4(7)8/h2*8-10H,1-6H2;2H,1H3,(H,5,6)(H,7,8). The number of nitrogens with zero attached hydrogens (tertiary/aromatic N) is 2. The van der Waals surface area contributed by atoms with Crippen molar-refractivity contribution in [3.05, 3.63) is 0 Å². The van der Waals surface area contributed by atoms with Gasteiger partial charge in [0.2, 0.25) is 0 Å². The largest absolute Gasteiger partial charge is 0.481 e. The van der Waals surface area contributed by atoms with Crippen molar-refractivity contribution in [1.82, 2.24) is 9.80 Å². The molecule has 0 aliphatic carbocycles. The summed E-state index contributed by atoms with van der Waals surface area (Å²) in [5, 5.41) is 66.9. The lowest BCUT2D eigenvalue weighted by Gasteiger charge is -2.17. The molecule has 0 aromatic rings.